The summed E-state index contributed by atoms with van der Waals surface area (Å²) in [6, 6.07) is 21.9. The Morgan fingerprint density at radius 1 is 1.00 bits per heavy atom. The molecule has 6 heteroatoms. The van der Waals surface area contributed by atoms with E-state index in [0.29, 0.717) is 5.69 Å². The summed E-state index contributed by atoms with van der Waals surface area (Å²) >= 11 is 1.77. The first-order valence-electron chi connectivity index (χ1n) is 9.12. The molecule has 29 heavy (non-hydrogen) atoms. The first kappa shape index (κ1) is 19.6. The Hall–Kier alpha value is -2.70. The number of methoxy groups -OCH3 is 1. The predicted molar refractivity (Wildman–Crippen MR) is 121 cm³/mol. The van der Waals surface area contributed by atoms with Gasteiger partial charge in [0.2, 0.25) is 10.0 Å². The molecule has 0 aromatic heterocycles. The van der Waals surface area contributed by atoms with E-state index >= 15 is 0 Å². The number of sulfonamides is 1. The van der Waals surface area contributed by atoms with Crippen molar-refractivity contribution in [3.63, 3.8) is 0 Å². The summed E-state index contributed by atoms with van der Waals surface area (Å²) in [4.78, 5) is 1.11. The fourth-order valence-electron chi connectivity index (χ4n) is 3.47. The van der Waals surface area contributed by atoms with Crippen LogP contribution in [0.15, 0.2) is 71.6 Å². The third kappa shape index (κ3) is 4.33. The number of ether oxygens (including phenoxy) is 1. The molecule has 0 unspecified atom stereocenters. The molecule has 0 amide bonds. The van der Waals surface area contributed by atoms with Gasteiger partial charge >= 0.3 is 0 Å². The van der Waals surface area contributed by atoms with E-state index in [2.05, 4.69) is 35.1 Å². The van der Waals surface area contributed by atoms with E-state index in [4.69, 9.17) is 4.74 Å². The lowest BCUT2D eigenvalue weighted by atomic mass is 9.92. The zero-order chi connectivity index (χ0) is 20.4. The van der Waals surface area contributed by atoms with Crippen LogP contribution in [0.2, 0.25) is 0 Å². The van der Waals surface area contributed by atoms with Crippen molar-refractivity contribution in [2.75, 3.05) is 18.1 Å². The second kappa shape index (κ2) is 7.97. The molecule has 1 N–H and O–H groups in total. The molecule has 0 aliphatic carbocycles. The number of nitrogens with one attached hydrogen (secondary N) is 1. The highest BCUT2D eigenvalue weighted by atomic mass is 32.2. The molecule has 1 aliphatic rings. The van der Waals surface area contributed by atoms with Crippen LogP contribution in [0.3, 0.4) is 0 Å². The van der Waals surface area contributed by atoms with E-state index in [1.165, 1.54) is 11.1 Å². The molecule has 0 fully saturated rings. The van der Waals surface area contributed by atoms with Gasteiger partial charge in [-0.3, -0.25) is 4.72 Å². The molecule has 0 bridgehead atoms. The molecular weight excluding hydrogens is 402 g/mol. The summed E-state index contributed by atoms with van der Waals surface area (Å²) in [5, 5.41) is 0. The molecule has 0 radical (unpaired) electrons. The van der Waals surface area contributed by atoms with E-state index in [1.54, 1.807) is 24.9 Å². The van der Waals surface area contributed by atoms with Crippen LogP contribution in [-0.2, 0) is 15.8 Å². The van der Waals surface area contributed by atoms with Gasteiger partial charge in [-0.1, -0.05) is 48.5 Å². The Morgan fingerprint density at radius 3 is 2.55 bits per heavy atom. The maximum absolute atomic E-state index is 11.6. The number of benzene rings is 3. The normalized spacial score (nSPS) is 14.6. The third-order valence-corrected chi connectivity index (χ3v) is 6.44. The second-order valence-corrected chi connectivity index (χ2v) is 9.57. The van der Waals surface area contributed by atoms with Crippen molar-refractivity contribution in [1.29, 1.82) is 0 Å². The summed E-state index contributed by atoms with van der Waals surface area (Å²) in [5.74, 6) is 1.72. The van der Waals surface area contributed by atoms with Gasteiger partial charge in [0.05, 0.1) is 18.3 Å². The second-order valence-electron chi connectivity index (χ2n) is 6.84. The van der Waals surface area contributed by atoms with Crippen molar-refractivity contribution in [3.8, 4) is 5.75 Å². The molecule has 3 aromatic rings. The van der Waals surface area contributed by atoms with Gasteiger partial charge in [0.15, 0.2) is 0 Å². The fraction of sp³-hybridized carbons (Fsp3) is 0.130. The molecule has 0 saturated heterocycles. The number of anilines is 1. The molecule has 3 aromatic carbocycles. The van der Waals surface area contributed by atoms with Crippen LogP contribution in [0.5, 0.6) is 5.75 Å². The zero-order valence-electron chi connectivity index (χ0n) is 16.2. The number of hydrogen-bond donors (Lipinski definition) is 1. The predicted octanol–water partition coefficient (Wildman–Crippen LogP) is 5.26. The molecule has 4 nitrogen and oxygen atoms in total. The van der Waals surface area contributed by atoms with E-state index in [1.807, 2.05) is 36.4 Å². The van der Waals surface area contributed by atoms with E-state index in [-0.39, 0.29) is 0 Å². The summed E-state index contributed by atoms with van der Waals surface area (Å²) < 4.78 is 31.4. The smallest absolute Gasteiger partial charge is 0.229 e. The fourth-order valence-corrected chi connectivity index (χ4v) is 5.20. The van der Waals surface area contributed by atoms with Crippen LogP contribution in [0.4, 0.5) is 5.69 Å². The summed E-state index contributed by atoms with van der Waals surface area (Å²) in [6.45, 7) is 0. The number of hydrogen-bond acceptors (Lipinski definition) is 4. The monoisotopic (exact) mass is 423 g/mol. The maximum Gasteiger partial charge on any atom is 0.229 e. The summed E-state index contributed by atoms with van der Waals surface area (Å²) in [7, 11) is -1.64. The Labute approximate surface area is 175 Å². The Kier molecular flexibility index (Phi) is 5.39. The standard InChI is InChI=1S/C23H21NO3S2/c1-27-22-12-6-11-20-21(19-10-4-3-8-17(19)15-28-23(20)22)14-16-7-5-9-18(13-16)24-29(2,25)26/h3-14,24H,15H2,1-2H3/b21-14-. The van der Waals surface area contributed by atoms with Crippen molar-refractivity contribution in [1.82, 2.24) is 0 Å². The molecule has 1 aliphatic heterocycles. The molecule has 0 atom stereocenters. The first-order chi connectivity index (χ1) is 13.9. The SMILES string of the molecule is COc1cccc2c1SCc1ccccc1/C2=C/c1cccc(NS(C)(=O)=O)c1. The van der Waals surface area contributed by atoms with Gasteiger partial charge < -0.3 is 4.74 Å². The minimum absolute atomic E-state index is 0.545. The van der Waals surface area contributed by atoms with Crippen molar-refractivity contribution in [2.45, 2.75) is 10.6 Å². The van der Waals surface area contributed by atoms with Gasteiger partial charge in [0, 0.05) is 11.4 Å². The topological polar surface area (TPSA) is 55.4 Å². The quantitative estimate of drug-likeness (QED) is 0.622. The molecule has 148 valence electrons. The van der Waals surface area contributed by atoms with Crippen LogP contribution in [0, 0.1) is 0 Å². The minimum Gasteiger partial charge on any atom is -0.496 e. The van der Waals surface area contributed by atoms with Gasteiger partial charge in [-0.05, 0) is 52.1 Å². The maximum atomic E-state index is 11.6. The van der Waals surface area contributed by atoms with Gasteiger partial charge in [-0.15, -0.1) is 11.8 Å². The van der Waals surface area contributed by atoms with E-state index < -0.39 is 10.0 Å². The zero-order valence-corrected chi connectivity index (χ0v) is 17.8. The Morgan fingerprint density at radius 2 is 1.76 bits per heavy atom. The molecule has 4 rings (SSSR count). The highest BCUT2D eigenvalue weighted by molar-refractivity contribution is 7.98. The van der Waals surface area contributed by atoms with Gasteiger partial charge in [0.25, 0.3) is 0 Å². The van der Waals surface area contributed by atoms with Crippen LogP contribution in [0.1, 0.15) is 22.3 Å². The summed E-state index contributed by atoms with van der Waals surface area (Å²) in [5.41, 5.74) is 6.10. The molecular formula is C23H21NO3S2. The number of thioether (sulfide) groups is 1. The lowest BCUT2D eigenvalue weighted by molar-refractivity contribution is 0.404. The van der Waals surface area contributed by atoms with Gasteiger partial charge in [-0.2, -0.15) is 0 Å². The van der Waals surface area contributed by atoms with Crippen LogP contribution in [-0.4, -0.2) is 21.8 Å². The Balaban J connectivity index is 1.90. The average Bonchev–Trinajstić information content (AvgIpc) is 2.84. The highest BCUT2D eigenvalue weighted by Gasteiger charge is 2.21. The molecule has 1 heterocycles. The number of fused-ring (bicyclic) bond motifs is 2. The Bertz CT molecular complexity index is 1200. The van der Waals surface area contributed by atoms with E-state index in [9.17, 15) is 8.42 Å². The van der Waals surface area contributed by atoms with Crippen LogP contribution < -0.4 is 9.46 Å². The highest BCUT2D eigenvalue weighted by Crippen LogP contribution is 2.45. The lowest BCUT2D eigenvalue weighted by Crippen LogP contribution is -2.09. The van der Waals surface area contributed by atoms with Crippen LogP contribution in [0.25, 0.3) is 11.6 Å². The number of rotatable bonds is 4. The molecule has 0 spiro atoms. The van der Waals surface area contributed by atoms with Gasteiger partial charge in [-0.25, -0.2) is 8.42 Å². The summed E-state index contributed by atoms with van der Waals surface area (Å²) in [6.07, 6.45) is 3.26. The lowest BCUT2D eigenvalue weighted by Gasteiger charge is -2.14. The van der Waals surface area contributed by atoms with E-state index in [0.717, 1.165) is 39.4 Å². The first-order valence-corrected chi connectivity index (χ1v) is 12.0. The van der Waals surface area contributed by atoms with Crippen molar-refractivity contribution in [3.05, 3.63) is 89.0 Å². The minimum atomic E-state index is -3.33. The van der Waals surface area contributed by atoms with Crippen molar-refractivity contribution >= 4 is 39.1 Å². The molecule has 0 saturated carbocycles. The largest absolute Gasteiger partial charge is 0.496 e. The van der Waals surface area contributed by atoms with Crippen molar-refractivity contribution in [2.24, 2.45) is 0 Å². The van der Waals surface area contributed by atoms with Gasteiger partial charge in [0.1, 0.15) is 5.75 Å². The average molecular weight is 424 g/mol. The van der Waals surface area contributed by atoms with Crippen LogP contribution >= 0.6 is 11.8 Å². The third-order valence-electron chi connectivity index (χ3n) is 4.67. The van der Waals surface area contributed by atoms with Crippen molar-refractivity contribution < 1.29 is 13.2 Å².